The van der Waals surface area contributed by atoms with Crippen molar-refractivity contribution in [2.75, 3.05) is 11.4 Å². The van der Waals surface area contributed by atoms with Crippen LogP contribution in [0.5, 0.6) is 0 Å². The van der Waals surface area contributed by atoms with Crippen molar-refractivity contribution in [1.82, 2.24) is 0 Å². The van der Waals surface area contributed by atoms with Crippen LogP contribution in [0, 0.1) is 0 Å². The quantitative estimate of drug-likeness (QED) is 0.787. The van der Waals surface area contributed by atoms with E-state index in [9.17, 15) is 18.0 Å². The lowest BCUT2D eigenvalue weighted by Crippen LogP contribution is -2.44. The lowest BCUT2D eigenvalue weighted by Gasteiger charge is -2.37. The lowest BCUT2D eigenvalue weighted by atomic mass is 9.97. The van der Waals surface area contributed by atoms with Gasteiger partial charge in [0.25, 0.3) is 0 Å². The van der Waals surface area contributed by atoms with E-state index >= 15 is 0 Å². The van der Waals surface area contributed by atoms with Gasteiger partial charge in [-0.2, -0.15) is 13.2 Å². The molecule has 0 N–H and O–H groups in total. The highest BCUT2D eigenvalue weighted by Gasteiger charge is 2.37. The number of rotatable bonds is 2. The summed E-state index contributed by atoms with van der Waals surface area (Å²) in [5, 5.41) is 0. The summed E-state index contributed by atoms with van der Waals surface area (Å²) in [6.07, 6.45) is -2.14. The van der Waals surface area contributed by atoms with Crippen molar-refractivity contribution in [2.24, 2.45) is 0 Å². The first kappa shape index (κ1) is 15.4. The van der Waals surface area contributed by atoms with Crippen LogP contribution in [0.15, 0.2) is 22.7 Å². The van der Waals surface area contributed by atoms with Crippen LogP contribution in [-0.4, -0.2) is 18.4 Å². The Kier molecular flexibility index (Phi) is 4.42. The monoisotopic (exact) mass is 349 g/mol. The van der Waals surface area contributed by atoms with Gasteiger partial charge in [-0.15, -0.1) is 0 Å². The van der Waals surface area contributed by atoms with Gasteiger partial charge < -0.3 is 4.90 Å². The molecule has 0 saturated carbocycles. The molecule has 1 saturated heterocycles. The van der Waals surface area contributed by atoms with E-state index in [-0.39, 0.29) is 11.5 Å². The number of carbonyl (C=O) groups excluding carboxylic acids is 1. The molecule has 0 aromatic heterocycles. The molecule has 0 aliphatic carbocycles. The number of hydrogen-bond acceptors (Lipinski definition) is 2. The number of hydrogen-bond donors (Lipinski definition) is 0. The Hall–Kier alpha value is -1.04. The second-order valence-electron chi connectivity index (χ2n) is 4.97. The van der Waals surface area contributed by atoms with Gasteiger partial charge in [0.15, 0.2) is 5.78 Å². The molecule has 0 spiro atoms. The summed E-state index contributed by atoms with van der Waals surface area (Å²) < 4.78 is 39.9. The summed E-state index contributed by atoms with van der Waals surface area (Å²) in [7, 11) is 0. The number of nitrogens with zero attached hydrogens (tertiary/aromatic N) is 1. The molecule has 0 amide bonds. The van der Waals surface area contributed by atoms with E-state index in [1.807, 2.05) is 0 Å². The van der Waals surface area contributed by atoms with E-state index in [1.54, 1.807) is 11.0 Å². The molecule has 0 bridgehead atoms. The second kappa shape index (κ2) is 5.76. The number of anilines is 1. The van der Waals surface area contributed by atoms with Crippen LogP contribution in [0.3, 0.4) is 0 Å². The molecule has 6 heteroatoms. The van der Waals surface area contributed by atoms with Gasteiger partial charge in [0.05, 0.1) is 11.6 Å². The predicted molar refractivity (Wildman–Crippen MR) is 74.8 cm³/mol. The highest BCUT2D eigenvalue weighted by molar-refractivity contribution is 9.10. The van der Waals surface area contributed by atoms with Crippen LogP contribution in [0.2, 0.25) is 0 Å². The Morgan fingerprint density at radius 1 is 1.35 bits per heavy atom. The highest BCUT2D eigenvalue weighted by Crippen LogP contribution is 2.40. The van der Waals surface area contributed by atoms with E-state index in [0.717, 1.165) is 18.9 Å². The fourth-order valence-corrected chi connectivity index (χ4v) is 2.99. The fourth-order valence-electron chi connectivity index (χ4n) is 2.63. The van der Waals surface area contributed by atoms with Crippen molar-refractivity contribution in [1.29, 1.82) is 0 Å². The summed E-state index contributed by atoms with van der Waals surface area (Å²) in [5.74, 6) is -0.0826. The van der Waals surface area contributed by atoms with E-state index in [0.29, 0.717) is 17.4 Å². The third-order valence-corrected chi connectivity index (χ3v) is 4.04. The zero-order valence-corrected chi connectivity index (χ0v) is 12.6. The molecular weight excluding hydrogens is 335 g/mol. The Bertz CT molecular complexity index is 516. The zero-order chi connectivity index (χ0) is 14.9. The predicted octanol–water partition coefficient (Wildman–Crippen LogP) is 4.42. The largest absolute Gasteiger partial charge is 0.418 e. The van der Waals surface area contributed by atoms with E-state index in [4.69, 9.17) is 0 Å². The maximum absolute atomic E-state index is 13.2. The topological polar surface area (TPSA) is 20.3 Å². The normalized spacial score (nSPS) is 20.1. The summed E-state index contributed by atoms with van der Waals surface area (Å²) in [6, 6.07) is 3.64. The number of carbonyl (C=O) groups is 1. The van der Waals surface area contributed by atoms with Crippen LogP contribution in [0.25, 0.3) is 0 Å². The number of piperidine rings is 1. The number of Topliss-reactive ketones (excluding diaryl/α,β-unsaturated/α-hetero) is 1. The minimum Gasteiger partial charge on any atom is -0.361 e. The van der Waals surface area contributed by atoms with Crippen LogP contribution >= 0.6 is 15.9 Å². The molecule has 1 aromatic rings. The molecule has 1 aliphatic rings. The Morgan fingerprint density at radius 3 is 2.65 bits per heavy atom. The van der Waals surface area contributed by atoms with Gasteiger partial charge >= 0.3 is 6.18 Å². The third kappa shape index (κ3) is 3.16. The molecule has 20 heavy (non-hydrogen) atoms. The zero-order valence-electron chi connectivity index (χ0n) is 11.0. The SMILES string of the molecule is CC(=O)C1CCCCN1c1ccc(Br)cc1C(F)(F)F. The summed E-state index contributed by atoms with van der Waals surface area (Å²) >= 11 is 3.07. The molecule has 2 rings (SSSR count). The van der Waals surface area contributed by atoms with Gasteiger partial charge in [-0.25, -0.2) is 0 Å². The molecule has 1 aliphatic heterocycles. The van der Waals surface area contributed by atoms with Gasteiger partial charge in [-0.1, -0.05) is 15.9 Å². The summed E-state index contributed by atoms with van der Waals surface area (Å²) in [4.78, 5) is 13.3. The molecule has 0 radical (unpaired) electrons. The van der Waals surface area contributed by atoms with Crippen LogP contribution in [-0.2, 0) is 11.0 Å². The second-order valence-corrected chi connectivity index (χ2v) is 5.89. The summed E-state index contributed by atoms with van der Waals surface area (Å²) in [5.41, 5.74) is -0.597. The van der Waals surface area contributed by atoms with Crippen LogP contribution < -0.4 is 4.90 Å². The van der Waals surface area contributed by atoms with Crippen molar-refractivity contribution in [3.05, 3.63) is 28.2 Å². The Morgan fingerprint density at radius 2 is 2.05 bits per heavy atom. The number of halogens is 4. The minimum atomic E-state index is -4.43. The van der Waals surface area contributed by atoms with E-state index in [1.165, 1.54) is 13.0 Å². The molecular formula is C14H15BrF3NO. The number of ketones is 1. The Labute approximate surface area is 124 Å². The maximum Gasteiger partial charge on any atom is 0.418 e. The van der Waals surface area contributed by atoms with E-state index in [2.05, 4.69) is 15.9 Å². The average Bonchev–Trinajstić information content (AvgIpc) is 2.37. The number of alkyl halides is 3. The average molecular weight is 350 g/mol. The minimum absolute atomic E-state index is 0.0826. The lowest BCUT2D eigenvalue weighted by molar-refractivity contribution is -0.137. The maximum atomic E-state index is 13.2. The molecule has 110 valence electrons. The smallest absolute Gasteiger partial charge is 0.361 e. The van der Waals surface area contributed by atoms with Crippen LogP contribution in [0.1, 0.15) is 31.7 Å². The molecule has 1 atom stereocenters. The summed E-state index contributed by atoms with van der Waals surface area (Å²) in [6.45, 7) is 1.92. The van der Waals surface area contributed by atoms with Crippen molar-refractivity contribution >= 4 is 27.4 Å². The van der Waals surface area contributed by atoms with Crippen molar-refractivity contribution in [2.45, 2.75) is 38.4 Å². The first-order valence-corrected chi connectivity index (χ1v) is 7.24. The van der Waals surface area contributed by atoms with Gasteiger partial charge in [-0.3, -0.25) is 4.79 Å². The Balaban J connectivity index is 2.47. The third-order valence-electron chi connectivity index (χ3n) is 3.55. The molecule has 1 fully saturated rings. The van der Waals surface area contributed by atoms with E-state index < -0.39 is 17.8 Å². The first-order chi connectivity index (χ1) is 9.30. The van der Waals surface area contributed by atoms with Gasteiger partial charge in [0, 0.05) is 16.7 Å². The van der Waals surface area contributed by atoms with Gasteiger partial charge in [-0.05, 0) is 44.4 Å². The van der Waals surface area contributed by atoms with Gasteiger partial charge in [0.1, 0.15) is 0 Å². The molecule has 1 unspecified atom stereocenters. The van der Waals surface area contributed by atoms with Crippen molar-refractivity contribution in [3.63, 3.8) is 0 Å². The van der Waals surface area contributed by atoms with Gasteiger partial charge in [0.2, 0.25) is 0 Å². The van der Waals surface area contributed by atoms with Crippen LogP contribution in [0.4, 0.5) is 18.9 Å². The molecule has 1 heterocycles. The standard InChI is InChI=1S/C14H15BrF3NO/c1-9(20)12-4-2-3-7-19(12)13-6-5-10(15)8-11(13)14(16,17)18/h5-6,8,12H,2-4,7H2,1H3. The fraction of sp³-hybridized carbons (Fsp3) is 0.500. The first-order valence-electron chi connectivity index (χ1n) is 6.44. The molecule has 1 aromatic carbocycles. The van der Waals surface area contributed by atoms with Crippen molar-refractivity contribution in [3.8, 4) is 0 Å². The van der Waals surface area contributed by atoms with Crippen molar-refractivity contribution < 1.29 is 18.0 Å². The highest BCUT2D eigenvalue weighted by atomic mass is 79.9. The number of benzene rings is 1. The molecule has 2 nitrogen and oxygen atoms in total.